The first-order valence-corrected chi connectivity index (χ1v) is 10.2. The van der Waals surface area contributed by atoms with E-state index in [4.69, 9.17) is 0 Å². The predicted molar refractivity (Wildman–Crippen MR) is 94.8 cm³/mol. The van der Waals surface area contributed by atoms with E-state index in [-0.39, 0.29) is 36.1 Å². The minimum Gasteiger partial charge on any atom is -0.548 e. The van der Waals surface area contributed by atoms with Crippen molar-refractivity contribution in [2.24, 2.45) is 5.92 Å². The third-order valence-electron chi connectivity index (χ3n) is 5.56. The summed E-state index contributed by atoms with van der Waals surface area (Å²) in [6.07, 6.45) is -1.89. The minimum absolute atomic E-state index is 0. The van der Waals surface area contributed by atoms with Crippen LogP contribution in [-0.4, -0.2) is 70.4 Å². The monoisotopic (exact) mass is 432 g/mol. The molecule has 0 bridgehead atoms. The summed E-state index contributed by atoms with van der Waals surface area (Å²) in [5.41, 5.74) is 0.791. The molecule has 0 aliphatic carbocycles. The Morgan fingerprint density at radius 2 is 1.83 bits per heavy atom. The van der Waals surface area contributed by atoms with Gasteiger partial charge in [-0.25, -0.2) is 8.42 Å². The Balaban J connectivity index is 0.00000300. The summed E-state index contributed by atoms with van der Waals surface area (Å²) in [6.45, 7) is 2.55. The zero-order valence-corrected chi connectivity index (χ0v) is 19.4. The number of carbonyl (C=O) groups is 3. The zero-order chi connectivity index (χ0) is 21.0. The minimum atomic E-state index is -4.15. The van der Waals surface area contributed by atoms with Gasteiger partial charge in [0, 0.05) is 13.6 Å². The number of hydrogen-bond acceptors (Lipinski definition) is 7. The fourth-order valence-electron chi connectivity index (χ4n) is 3.93. The third-order valence-corrected chi connectivity index (χ3v) is 8.41. The molecule has 0 aromatic heterocycles. The number of carboxylic acid groups (broad SMARTS) is 1. The number of likely N-dealkylation sites (N-methyl/N-ethyl adjacent to an activating group) is 1. The second-order valence-corrected chi connectivity index (χ2v) is 10.3. The Morgan fingerprint density at radius 3 is 2.34 bits per heavy atom. The molecule has 2 fully saturated rings. The number of aliphatic carboxylic acids is 1. The Labute approximate surface area is 190 Å². The average Bonchev–Trinajstić information content (AvgIpc) is 2.76. The molecule has 4 atom stereocenters. The molecule has 3 rings (SSSR count). The number of aliphatic hydroxyl groups is 1. The molecule has 9 nitrogen and oxygen atoms in total. The van der Waals surface area contributed by atoms with Gasteiger partial charge in [0.15, 0.2) is 9.84 Å². The van der Waals surface area contributed by atoms with Gasteiger partial charge in [0.25, 0.3) is 5.91 Å². The number of fused-ring (bicyclic) bond motifs is 1. The van der Waals surface area contributed by atoms with Crippen LogP contribution in [0.15, 0.2) is 30.3 Å². The van der Waals surface area contributed by atoms with E-state index in [1.165, 1.54) is 25.8 Å². The maximum atomic E-state index is 12.8. The van der Waals surface area contributed by atoms with Crippen LogP contribution < -0.4 is 34.7 Å². The molecule has 2 saturated heterocycles. The first-order chi connectivity index (χ1) is 12.9. The van der Waals surface area contributed by atoms with E-state index in [9.17, 15) is 33.0 Å². The van der Waals surface area contributed by atoms with Gasteiger partial charge in [-0.15, -0.1) is 0 Å². The van der Waals surface area contributed by atoms with E-state index in [0.717, 1.165) is 5.56 Å². The summed E-state index contributed by atoms with van der Waals surface area (Å²) in [5, 5.41) is 20.4. The molecule has 29 heavy (non-hydrogen) atoms. The Bertz CT molecular complexity index is 935. The van der Waals surface area contributed by atoms with Crippen molar-refractivity contribution in [2.75, 3.05) is 7.05 Å². The van der Waals surface area contributed by atoms with Crippen LogP contribution in [0.2, 0.25) is 0 Å². The number of carboxylic acids is 1. The first-order valence-electron chi connectivity index (χ1n) is 8.66. The molecule has 152 valence electrons. The molecule has 1 N–H and O–H groups in total. The number of sulfone groups is 1. The predicted octanol–water partition coefficient (Wildman–Crippen LogP) is -4.88. The molecular formula is C18H21N2NaO7S. The van der Waals surface area contributed by atoms with Gasteiger partial charge in [-0.1, -0.05) is 30.3 Å². The molecule has 2 amide bonds. The van der Waals surface area contributed by atoms with Crippen molar-refractivity contribution in [1.29, 1.82) is 0 Å². The zero-order valence-electron chi connectivity index (χ0n) is 16.6. The quantitative estimate of drug-likeness (QED) is 0.364. The van der Waals surface area contributed by atoms with Crippen LogP contribution in [0, 0.1) is 5.92 Å². The van der Waals surface area contributed by atoms with E-state index in [1.807, 2.05) is 6.07 Å². The van der Waals surface area contributed by atoms with E-state index >= 15 is 0 Å². The fraction of sp³-hybridized carbons (Fsp3) is 0.500. The molecule has 1 aromatic rings. The normalized spacial score (nSPS) is 27.2. The Morgan fingerprint density at radius 1 is 1.28 bits per heavy atom. The van der Waals surface area contributed by atoms with Crippen molar-refractivity contribution < 1.29 is 62.6 Å². The molecule has 0 unspecified atom stereocenters. The summed E-state index contributed by atoms with van der Waals surface area (Å²) in [4.78, 5) is 38.4. The van der Waals surface area contributed by atoms with Gasteiger partial charge in [0.05, 0.1) is 16.8 Å². The fourth-order valence-corrected chi connectivity index (χ4v) is 6.25. The number of aliphatic hydroxyl groups excluding tert-OH is 1. The van der Waals surface area contributed by atoms with E-state index in [1.54, 1.807) is 24.3 Å². The van der Waals surface area contributed by atoms with Gasteiger partial charge in [-0.3, -0.25) is 9.59 Å². The molecule has 0 radical (unpaired) electrons. The smallest absolute Gasteiger partial charge is 0.548 e. The van der Waals surface area contributed by atoms with Crippen LogP contribution in [0.4, 0.5) is 0 Å². The van der Waals surface area contributed by atoms with Crippen LogP contribution in [-0.2, 0) is 30.8 Å². The largest absolute Gasteiger partial charge is 1.00 e. The summed E-state index contributed by atoms with van der Waals surface area (Å²) < 4.78 is 23.8. The van der Waals surface area contributed by atoms with E-state index < -0.39 is 55.8 Å². The molecule has 0 spiro atoms. The second-order valence-electron chi connectivity index (χ2n) is 7.66. The Hall–Kier alpha value is -1.46. The van der Waals surface area contributed by atoms with E-state index in [0.29, 0.717) is 4.90 Å². The van der Waals surface area contributed by atoms with E-state index in [2.05, 4.69) is 0 Å². The number of benzene rings is 1. The van der Waals surface area contributed by atoms with Gasteiger partial charge >= 0.3 is 29.6 Å². The number of carbonyl (C=O) groups excluding carboxylic acids is 3. The van der Waals surface area contributed by atoms with Gasteiger partial charge < -0.3 is 24.8 Å². The van der Waals surface area contributed by atoms with Crippen molar-refractivity contribution in [1.82, 2.24) is 9.80 Å². The van der Waals surface area contributed by atoms with Crippen molar-refractivity contribution in [2.45, 2.75) is 42.7 Å². The van der Waals surface area contributed by atoms with Crippen LogP contribution in [0.1, 0.15) is 19.4 Å². The van der Waals surface area contributed by atoms with Gasteiger partial charge in [-0.05, 0) is 19.4 Å². The molecule has 2 heterocycles. The van der Waals surface area contributed by atoms with Gasteiger partial charge in [-0.2, -0.15) is 0 Å². The number of rotatable bonds is 5. The number of β-lactam (4-membered cyclic amide) rings is 1. The van der Waals surface area contributed by atoms with Gasteiger partial charge in [0.2, 0.25) is 5.91 Å². The SMILES string of the molecule is CN(Cc1ccccc1)C(=O)[C@@H](O)[C@@H]1C(=O)N2[C@@H](C(=O)[O-])C(C)(C)S(=O)(=O)[C@H]12.[Na+]. The maximum absolute atomic E-state index is 12.8. The summed E-state index contributed by atoms with van der Waals surface area (Å²) >= 11 is 0. The summed E-state index contributed by atoms with van der Waals surface area (Å²) in [5.74, 6) is -4.93. The second kappa shape index (κ2) is 7.99. The number of amides is 2. The molecule has 11 heteroatoms. The van der Waals surface area contributed by atoms with Crippen LogP contribution >= 0.6 is 0 Å². The van der Waals surface area contributed by atoms with Crippen molar-refractivity contribution in [3.05, 3.63) is 35.9 Å². The van der Waals surface area contributed by atoms with Crippen molar-refractivity contribution in [3.8, 4) is 0 Å². The van der Waals surface area contributed by atoms with Crippen molar-refractivity contribution >= 4 is 27.6 Å². The van der Waals surface area contributed by atoms with Crippen LogP contribution in [0.5, 0.6) is 0 Å². The molecule has 2 aliphatic heterocycles. The summed E-state index contributed by atoms with van der Waals surface area (Å²) in [6, 6.07) is 7.26. The number of nitrogens with zero attached hydrogens (tertiary/aromatic N) is 2. The topological polar surface area (TPSA) is 135 Å². The number of hydrogen-bond donors (Lipinski definition) is 1. The summed E-state index contributed by atoms with van der Waals surface area (Å²) in [7, 11) is -2.72. The first kappa shape index (κ1) is 23.8. The van der Waals surface area contributed by atoms with Crippen molar-refractivity contribution in [3.63, 3.8) is 0 Å². The molecule has 0 saturated carbocycles. The molecule has 1 aromatic carbocycles. The third kappa shape index (κ3) is 3.50. The van der Waals surface area contributed by atoms with Crippen LogP contribution in [0.25, 0.3) is 0 Å². The Kier molecular flexibility index (Phi) is 6.56. The van der Waals surface area contributed by atoms with Gasteiger partial charge in [0.1, 0.15) is 17.4 Å². The average molecular weight is 432 g/mol. The molecular weight excluding hydrogens is 411 g/mol. The maximum Gasteiger partial charge on any atom is 1.00 e. The standard InChI is InChI=1S/C18H22N2O7S.Na/c1-18(2)13(17(24)25)20-14(22)11(16(20)28(18,26)27)12(21)15(23)19(3)9-10-7-5-4-6-8-10;/h4-8,11-13,16,21H,9H2,1-3H3,(H,24,25);/q;+1/p-1/t11-,12+,13+,16-;/m1./s1. The molecule has 2 aliphatic rings. The van der Waals surface area contributed by atoms with Crippen LogP contribution in [0.3, 0.4) is 0 Å².